The lowest BCUT2D eigenvalue weighted by atomic mass is 10.1. The van der Waals surface area contributed by atoms with E-state index in [2.05, 4.69) is 16.0 Å². The highest BCUT2D eigenvalue weighted by atomic mass is 19.1. The Morgan fingerprint density at radius 3 is 2.89 bits per heavy atom. The van der Waals surface area contributed by atoms with Crippen LogP contribution < -0.4 is 16.0 Å². The quantitative estimate of drug-likeness (QED) is 0.696. The summed E-state index contributed by atoms with van der Waals surface area (Å²) in [6.07, 6.45) is 3.58. The number of hydrogen-bond donors (Lipinski definition) is 3. The van der Waals surface area contributed by atoms with Crippen molar-refractivity contribution in [1.82, 2.24) is 0 Å². The zero-order chi connectivity index (χ0) is 18.8. The van der Waals surface area contributed by atoms with E-state index in [-0.39, 0.29) is 12.0 Å². The second kappa shape index (κ2) is 7.36. The molecule has 2 aliphatic heterocycles. The van der Waals surface area contributed by atoms with Crippen LogP contribution in [-0.2, 0) is 9.53 Å². The minimum absolute atomic E-state index is 0.119. The molecule has 1 amide bonds. The lowest BCUT2D eigenvalue weighted by molar-refractivity contribution is -0.110. The fourth-order valence-corrected chi connectivity index (χ4v) is 3.24. The van der Waals surface area contributed by atoms with Gasteiger partial charge >= 0.3 is 0 Å². The number of carbonyl (C=O) groups is 1. The third-order valence-corrected chi connectivity index (χ3v) is 4.66. The predicted molar refractivity (Wildman–Crippen MR) is 100 cm³/mol. The topological polar surface area (TPSA) is 62.4 Å². The molecule has 7 heteroatoms. The summed E-state index contributed by atoms with van der Waals surface area (Å²) < 4.78 is 33.3. The van der Waals surface area contributed by atoms with Crippen LogP contribution in [0.4, 0.5) is 25.8 Å². The first-order valence-electron chi connectivity index (χ1n) is 8.83. The Kier molecular flexibility index (Phi) is 4.77. The summed E-state index contributed by atoms with van der Waals surface area (Å²) in [6.45, 7) is 1.32. The van der Waals surface area contributed by atoms with E-state index in [4.69, 9.17) is 4.74 Å². The molecule has 2 aromatic rings. The van der Waals surface area contributed by atoms with E-state index < -0.39 is 11.6 Å². The molecular weight excluding hydrogens is 352 g/mol. The fraction of sp³-hybridized carbons (Fsp3) is 0.250. The molecule has 27 heavy (non-hydrogen) atoms. The second-order valence-corrected chi connectivity index (χ2v) is 6.56. The Hall–Kier alpha value is -2.93. The molecular formula is C20H19F2N3O2. The van der Waals surface area contributed by atoms with Crippen molar-refractivity contribution in [3.05, 3.63) is 59.8 Å². The van der Waals surface area contributed by atoms with Crippen LogP contribution in [0.15, 0.2) is 42.6 Å². The van der Waals surface area contributed by atoms with E-state index >= 15 is 0 Å². The van der Waals surface area contributed by atoms with Crippen molar-refractivity contribution in [2.75, 3.05) is 29.1 Å². The lowest BCUT2D eigenvalue weighted by Gasteiger charge is -2.13. The Morgan fingerprint density at radius 2 is 2.11 bits per heavy atom. The molecule has 1 unspecified atom stereocenters. The van der Waals surface area contributed by atoms with Crippen molar-refractivity contribution in [3.8, 4) is 0 Å². The minimum Gasteiger partial charge on any atom is -0.380 e. The summed E-state index contributed by atoms with van der Waals surface area (Å²) in [5, 5.41) is 8.63. The van der Waals surface area contributed by atoms with Gasteiger partial charge in [0, 0.05) is 36.3 Å². The average Bonchev–Trinajstić information content (AvgIpc) is 3.26. The maximum Gasteiger partial charge on any atom is 0.257 e. The highest BCUT2D eigenvalue weighted by molar-refractivity contribution is 6.31. The van der Waals surface area contributed by atoms with Gasteiger partial charge in [-0.05, 0) is 49.2 Å². The number of anilines is 3. The lowest BCUT2D eigenvalue weighted by Crippen LogP contribution is -2.18. The molecule has 2 heterocycles. The third-order valence-electron chi connectivity index (χ3n) is 4.66. The molecule has 1 atom stereocenters. The Balaban J connectivity index is 1.45. The molecule has 0 spiro atoms. The maximum atomic E-state index is 14.3. The van der Waals surface area contributed by atoms with Crippen molar-refractivity contribution in [2.24, 2.45) is 0 Å². The number of amides is 1. The number of nitrogens with one attached hydrogen (secondary N) is 3. The van der Waals surface area contributed by atoms with Gasteiger partial charge in [-0.15, -0.1) is 0 Å². The summed E-state index contributed by atoms with van der Waals surface area (Å²) in [4.78, 5) is 12.1. The van der Waals surface area contributed by atoms with Gasteiger partial charge in [-0.25, -0.2) is 8.78 Å². The highest BCUT2D eigenvalue weighted by Gasteiger charge is 2.24. The number of benzene rings is 2. The number of carbonyl (C=O) groups excluding carboxylic acids is 1. The van der Waals surface area contributed by atoms with Crippen LogP contribution in [0.1, 0.15) is 18.4 Å². The normalized spacial score (nSPS) is 19.9. The Bertz CT molecular complexity index is 908. The molecule has 0 saturated carbocycles. The van der Waals surface area contributed by atoms with Gasteiger partial charge < -0.3 is 20.7 Å². The van der Waals surface area contributed by atoms with E-state index in [9.17, 15) is 13.6 Å². The molecule has 0 bridgehead atoms. The molecule has 0 radical (unpaired) electrons. The zero-order valence-electron chi connectivity index (χ0n) is 14.5. The van der Waals surface area contributed by atoms with E-state index in [0.717, 1.165) is 19.4 Å². The summed E-state index contributed by atoms with van der Waals surface area (Å²) in [7, 11) is 0. The van der Waals surface area contributed by atoms with E-state index in [1.807, 2.05) is 0 Å². The number of hydrogen-bond acceptors (Lipinski definition) is 4. The van der Waals surface area contributed by atoms with Gasteiger partial charge in [-0.3, -0.25) is 4.79 Å². The molecule has 1 fully saturated rings. The van der Waals surface area contributed by atoms with Crippen LogP contribution in [0, 0.1) is 11.6 Å². The summed E-state index contributed by atoms with van der Waals surface area (Å²) in [5.74, 6) is -1.17. The first-order chi connectivity index (χ1) is 13.1. The van der Waals surface area contributed by atoms with Crippen LogP contribution in [0.25, 0.3) is 5.57 Å². The molecule has 0 aromatic heterocycles. The van der Waals surface area contributed by atoms with Crippen LogP contribution in [0.5, 0.6) is 0 Å². The fourth-order valence-electron chi connectivity index (χ4n) is 3.24. The van der Waals surface area contributed by atoms with Gasteiger partial charge in [0.1, 0.15) is 11.6 Å². The largest absolute Gasteiger partial charge is 0.380 e. The van der Waals surface area contributed by atoms with Crippen molar-refractivity contribution >= 4 is 28.5 Å². The van der Waals surface area contributed by atoms with Gasteiger partial charge in [-0.2, -0.15) is 0 Å². The van der Waals surface area contributed by atoms with Gasteiger partial charge in [0.25, 0.3) is 5.91 Å². The van der Waals surface area contributed by atoms with E-state index in [1.165, 1.54) is 30.5 Å². The smallest absolute Gasteiger partial charge is 0.257 e. The van der Waals surface area contributed by atoms with Gasteiger partial charge in [-0.1, -0.05) is 0 Å². The zero-order valence-corrected chi connectivity index (χ0v) is 14.5. The van der Waals surface area contributed by atoms with Gasteiger partial charge in [0.15, 0.2) is 0 Å². The van der Waals surface area contributed by atoms with Crippen molar-refractivity contribution < 1.29 is 18.3 Å². The average molecular weight is 371 g/mol. The molecule has 2 aliphatic rings. The highest BCUT2D eigenvalue weighted by Crippen LogP contribution is 2.32. The summed E-state index contributed by atoms with van der Waals surface area (Å²) >= 11 is 0. The van der Waals surface area contributed by atoms with Gasteiger partial charge in [0.05, 0.1) is 17.4 Å². The molecule has 0 aliphatic carbocycles. The number of rotatable bonds is 5. The molecule has 5 nitrogen and oxygen atoms in total. The molecule has 4 rings (SSSR count). The first-order valence-corrected chi connectivity index (χ1v) is 8.83. The van der Waals surface area contributed by atoms with Crippen molar-refractivity contribution in [3.63, 3.8) is 0 Å². The Morgan fingerprint density at radius 1 is 1.22 bits per heavy atom. The van der Waals surface area contributed by atoms with Crippen molar-refractivity contribution in [2.45, 2.75) is 18.9 Å². The van der Waals surface area contributed by atoms with Crippen molar-refractivity contribution in [1.29, 1.82) is 0 Å². The summed E-state index contributed by atoms with van der Waals surface area (Å²) in [6, 6.07) is 8.77. The number of ether oxygens (including phenoxy) is 1. The first kappa shape index (κ1) is 17.5. The standard InChI is InChI=1S/C20H19F2N3O2/c21-12-3-5-18-15(8-12)16(20(26)25-18)11-23-13-4-6-19(17(22)9-13)24-10-14-2-1-7-27-14/h3-6,8-9,11,14,23-24H,1-2,7,10H2,(H,25,26). The second-order valence-electron chi connectivity index (χ2n) is 6.56. The minimum atomic E-state index is -0.427. The Labute approximate surface area is 155 Å². The van der Waals surface area contributed by atoms with Crippen LogP contribution in [0.3, 0.4) is 0 Å². The molecule has 140 valence electrons. The molecule has 2 aromatic carbocycles. The van der Waals surface area contributed by atoms with Crippen LogP contribution >= 0.6 is 0 Å². The van der Waals surface area contributed by atoms with Gasteiger partial charge in [0.2, 0.25) is 0 Å². The monoisotopic (exact) mass is 371 g/mol. The maximum absolute atomic E-state index is 14.3. The van der Waals surface area contributed by atoms with Crippen LogP contribution in [0.2, 0.25) is 0 Å². The van der Waals surface area contributed by atoms with E-state index in [0.29, 0.717) is 34.7 Å². The molecule has 1 saturated heterocycles. The predicted octanol–water partition coefficient (Wildman–Crippen LogP) is 3.96. The molecule has 3 N–H and O–H groups in total. The number of fused-ring (bicyclic) bond motifs is 1. The van der Waals surface area contributed by atoms with E-state index in [1.54, 1.807) is 12.1 Å². The van der Waals surface area contributed by atoms with Crippen LogP contribution in [-0.4, -0.2) is 25.2 Å². The SMILES string of the molecule is O=C1Nc2ccc(F)cc2C1=CNc1ccc(NCC2CCCO2)c(F)c1. The third kappa shape index (κ3) is 3.78. The summed E-state index contributed by atoms with van der Waals surface area (Å²) in [5.41, 5.74) is 2.21. The number of halogens is 2.